The lowest BCUT2D eigenvalue weighted by Gasteiger charge is -2.33. The number of rotatable bonds is 22. The van der Waals surface area contributed by atoms with Gasteiger partial charge in [-0.05, 0) is 33.6 Å². The fourth-order valence-electron chi connectivity index (χ4n) is 4.27. The third-order valence-electron chi connectivity index (χ3n) is 5.92. The average Bonchev–Trinajstić information content (AvgIpc) is 3.32. The molecule has 208 valence electrons. The molecule has 35 heavy (non-hydrogen) atoms. The van der Waals surface area contributed by atoms with Gasteiger partial charge in [0.25, 0.3) is 0 Å². The highest BCUT2D eigenvalue weighted by molar-refractivity contribution is 6.61. The first-order valence-electron chi connectivity index (χ1n) is 13.0. The second kappa shape index (κ2) is 18.6. The predicted octanol–water partition coefficient (Wildman–Crippen LogP) is 1.22. The molecule has 0 radical (unpaired) electrons. The van der Waals surface area contributed by atoms with Crippen molar-refractivity contribution in [3.05, 3.63) is 0 Å². The highest BCUT2D eigenvalue weighted by Gasteiger charge is 2.40. The van der Waals surface area contributed by atoms with Crippen LogP contribution in [0.1, 0.15) is 33.6 Å². The highest BCUT2D eigenvalue weighted by atomic mass is 28.4. The topological polar surface area (TPSA) is 112 Å². The van der Waals surface area contributed by atoms with Crippen molar-refractivity contribution in [1.29, 1.82) is 0 Å². The van der Waals surface area contributed by atoms with E-state index in [1.165, 1.54) is 0 Å². The number of hydrogen-bond acceptors (Lipinski definition) is 11. The van der Waals surface area contributed by atoms with Crippen LogP contribution in [-0.2, 0) is 26.6 Å². The molecule has 0 fully saturated rings. The quantitative estimate of drug-likeness (QED) is 0.154. The number of nitrogens with two attached hydrogens (primary N) is 1. The molecule has 1 rings (SSSR count). The van der Waals surface area contributed by atoms with E-state index >= 15 is 0 Å². The van der Waals surface area contributed by atoms with E-state index in [0.717, 1.165) is 76.7 Å². The summed E-state index contributed by atoms with van der Waals surface area (Å²) in [4.78, 5) is 9.60. The van der Waals surface area contributed by atoms with E-state index in [0.29, 0.717) is 26.4 Å². The van der Waals surface area contributed by atoms with Crippen LogP contribution in [0.5, 0.6) is 0 Å². The number of hydrogen-bond donors (Lipinski definition) is 2. The SMILES string of the molecule is CCO[Si](CCCN(CCNCCN)C1=NCCN1CCC[Si](OC)(OC)OC)(OCC)OCC. The summed E-state index contributed by atoms with van der Waals surface area (Å²) < 4.78 is 34.9. The molecule has 0 bridgehead atoms. The molecule has 0 aliphatic carbocycles. The van der Waals surface area contributed by atoms with E-state index in [1.807, 2.05) is 20.8 Å². The van der Waals surface area contributed by atoms with Crippen molar-refractivity contribution in [3.63, 3.8) is 0 Å². The van der Waals surface area contributed by atoms with Gasteiger partial charge in [0.15, 0.2) is 5.96 Å². The Morgan fingerprint density at radius 1 is 0.886 bits per heavy atom. The Morgan fingerprint density at radius 2 is 1.49 bits per heavy atom. The largest absolute Gasteiger partial charge is 0.500 e. The second-order valence-corrected chi connectivity index (χ2v) is 14.0. The van der Waals surface area contributed by atoms with Gasteiger partial charge in [0.05, 0.1) is 6.54 Å². The molecule has 0 aromatic rings. The molecule has 0 spiro atoms. The first-order valence-corrected chi connectivity index (χ1v) is 16.9. The highest BCUT2D eigenvalue weighted by Crippen LogP contribution is 2.20. The maximum absolute atomic E-state index is 6.05. The summed E-state index contributed by atoms with van der Waals surface area (Å²) in [5, 5.41) is 3.41. The number of guanidine groups is 1. The van der Waals surface area contributed by atoms with Crippen LogP contribution in [0.3, 0.4) is 0 Å². The van der Waals surface area contributed by atoms with Gasteiger partial charge in [-0.3, -0.25) is 4.99 Å². The predicted molar refractivity (Wildman–Crippen MR) is 144 cm³/mol. The lowest BCUT2D eigenvalue weighted by atomic mass is 10.3. The van der Waals surface area contributed by atoms with Gasteiger partial charge >= 0.3 is 17.6 Å². The molecule has 0 saturated carbocycles. The third-order valence-corrected chi connectivity index (χ3v) is 11.9. The van der Waals surface area contributed by atoms with Crippen molar-refractivity contribution in [3.8, 4) is 0 Å². The standard InChI is InChI=1S/C22H51N5O6Si2/c1-7-31-35(32-8-2,33-9-3)21-11-17-26(18-14-24-13-12-23)22-25-15-19-27(22)16-10-20-34(28-4,29-5)30-6/h24H,7-21,23H2,1-6H3. The van der Waals surface area contributed by atoms with E-state index in [1.54, 1.807) is 21.3 Å². The van der Waals surface area contributed by atoms with Crippen LogP contribution in [0, 0.1) is 0 Å². The molecular formula is C22H51N5O6Si2. The maximum Gasteiger partial charge on any atom is 0.500 e. The summed E-state index contributed by atoms with van der Waals surface area (Å²) in [7, 11) is -0.258. The van der Waals surface area contributed by atoms with Gasteiger partial charge in [0.1, 0.15) is 0 Å². The molecule has 11 nitrogen and oxygen atoms in total. The summed E-state index contributed by atoms with van der Waals surface area (Å²) in [5.74, 6) is 1.05. The molecule has 0 aromatic heterocycles. The summed E-state index contributed by atoms with van der Waals surface area (Å²) in [5.41, 5.74) is 5.65. The summed E-state index contributed by atoms with van der Waals surface area (Å²) >= 11 is 0. The Bertz CT molecular complexity index is 549. The van der Waals surface area contributed by atoms with Gasteiger partial charge in [0, 0.05) is 99.1 Å². The average molecular weight is 538 g/mol. The van der Waals surface area contributed by atoms with Crippen molar-refractivity contribution in [2.75, 3.05) is 93.5 Å². The van der Waals surface area contributed by atoms with Crippen molar-refractivity contribution >= 4 is 23.6 Å². The summed E-state index contributed by atoms with van der Waals surface area (Å²) in [6.07, 6.45) is 1.82. The number of aliphatic imine (C=N–C) groups is 1. The monoisotopic (exact) mass is 537 g/mol. The molecule has 1 aliphatic rings. The zero-order valence-corrected chi connectivity index (χ0v) is 25.0. The van der Waals surface area contributed by atoms with E-state index in [4.69, 9.17) is 37.3 Å². The van der Waals surface area contributed by atoms with E-state index in [9.17, 15) is 0 Å². The van der Waals surface area contributed by atoms with Crippen LogP contribution >= 0.6 is 0 Å². The Balaban J connectivity index is 2.80. The molecule has 13 heteroatoms. The van der Waals surface area contributed by atoms with Crippen molar-refractivity contribution in [2.24, 2.45) is 10.7 Å². The van der Waals surface area contributed by atoms with E-state index < -0.39 is 17.6 Å². The Kier molecular flexibility index (Phi) is 17.2. The molecular weight excluding hydrogens is 486 g/mol. The Hall–Kier alpha value is -0.616. The van der Waals surface area contributed by atoms with Crippen LogP contribution in [0.25, 0.3) is 0 Å². The Morgan fingerprint density at radius 3 is 2.03 bits per heavy atom. The van der Waals surface area contributed by atoms with Crippen LogP contribution in [0.4, 0.5) is 0 Å². The molecule has 0 saturated heterocycles. The van der Waals surface area contributed by atoms with Gasteiger partial charge in [-0.25, -0.2) is 0 Å². The lowest BCUT2D eigenvalue weighted by molar-refractivity contribution is 0.0703. The van der Waals surface area contributed by atoms with Gasteiger partial charge in [-0.15, -0.1) is 0 Å². The van der Waals surface area contributed by atoms with Gasteiger partial charge in [0.2, 0.25) is 0 Å². The molecule has 0 atom stereocenters. The zero-order valence-electron chi connectivity index (χ0n) is 23.0. The first-order chi connectivity index (χ1) is 17.0. The van der Waals surface area contributed by atoms with E-state index in [-0.39, 0.29) is 0 Å². The minimum Gasteiger partial charge on any atom is -0.377 e. The number of nitrogens with zero attached hydrogens (tertiary/aromatic N) is 3. The number of nitrogens with one attached hydrogen (secondary N) is 1. The fourth-order valence-corrected chi connectivity index (χ4v) is 8.56. The van der Waals surface area contributed by atoms with Crippen LogP contribution in [0.15, 0.2) is 4.99 Å². The van der Waals surface area contributed by atoms with Gasteiger partial charge < -0.3 is 47.4 Å². The molecule has 1 heterocycles. The van der Waals surface area contributed by atoms with Gasteiger partial charge in [-0.1, -0.05) is 0 Å². The maximum atomic E-state index is 6.05. The lowest BCUT2D eigenvalue weighted by Crippen LogP contribution is -2.49. The summed E-state index contributed by atoms with van der Waals surface area (Å²) in [6.45, 7) is 14.4. The molecule has 3 N–H and O–H groups in total. The van der Waals surface area contributed by atoms with Gasteiger partial charge in [-0.2, -0.15) is 0 Å². The zero-order chi connectivity index (χ0) is 26.0. The first kappa shape index (κ1) is 32.4. The molecule has 0 aromatic carbocycles. The fraction of sp³-hybridized carbons (Fsp3) is 0.955. The van der Waals surface area contributed by atoms with Crippen LogP contribution < -0.4 is 11.1 Å². The minimum atomic E-state index is -2.67. The van der Waals surface area contributed by atoms with Crippen LogP contribution in [-0.4, -0.2) is 127 Å². The molecule has 0 unspecified atom stereocenters. The van der Waals surface area contributed by atoms with Crippen molar-refractivity contribution in [1.82, 2.24) is 15.1 Å². The third kappa shape index (κ3) is 11.1. The van der Waals surface area contributed by atoms with Crippen molar-refractivity contribution in [2.45, 2.75) is 45.7 Å². The molecule has 1 aliphatic heterocycles. The minimum absolute atomic E-state index is 0.592. The Labute approximate surface area is 215 Å². The van der Waals surface area contributed by atoms with E-state index in [2.05, 4.69) is 15.1 Å². The normalized spacial score (nSPS) is 14.6. The second-order valence-electron chi connectivity index (χ2n) is 8.18. The smallest absolute Gasteiger partial charge is 0.377 e. The molecule has 0 amide bonds. The van der Waals surface area contributed by atoms with Crippen molar-refractivity contribution < 1.29 is 26.6 Å². The van der Waals surface area contributed by atoms with Crippen LogP contribution in [0.2, 0.25) is 12.1 Å². The summed E-state index contributed by atoms with van der Waals surface area (Å²) in [6, 6.07) is 1.55.